The molecule has 52 heavy (non-hydrogen) atoms. The van der Waals surface area contributed by atoms with Crippen LogP contribution in [0.1, 0.15) is 49.2 Å². The van der Waals surface area contributed by atoms with Gasteiger partial charge in [-0.25, -0.2) is 27.2 Å². The lowest BCUT2D eigenvalue weighted by atomic mass is 9.99. The Morgan fingerprint density at radius 1 is 1.02 bits per heavy atom. The predicted molar refractivity (Wildman–Crippen MR) is 199 cm³/mol. The minimum absolute atomic E-state index is 0.134. The molecular weight excluding hydrogens is 688 g/mol. The zero-order chi connectivity index (χ0) is 37.5. The zero-order valence-electron chi connectivity index (χ0n) is 29.6. The molecule has 13 heteroatoms. The molecule has 0 aliphatic heterocycles. The van der Waals surface area contributed by atoms with Gasteiger partial charge in [0.1, 0.15) is 22.8 Å². The molecule has 1 amide bonds. The van der Waals surface area contributed by atoms with Gasteiger partial charge in [-0.05, 0) is 94.6 Å². The van der Waals surface area contributed by atoms with E-state index in [9.17, 15) is 27.5 Å². The van der Waals surface area contributed by atoms with E-state index >= 15 is 0 Å². The molecule has 0 aliphatic rings. The number of furan rings is 1. The van der Waals surface area contributed by atoms with Crippen molar-refractivity contribution in [3.8, 4) is 34.0 Å². The van der Waals surface area contributed by atoms with Crippen molar-refractivity contribution in [2.75, 3.05) is 24.1 Å². The minimum Gasteiger partial charge on any atom is -0.455 e. The van der Waals surface area contributed by atoms with Gasteiger partial charge < -0.3 is 19.6 Å². The molecule has 6 rings (SSSR count). The number of aliphatic hydroxyl groups excluding tert-OH is 1. The molecule has 3 N–H and O–H groups in total. The monoisotopic (exact) mass is 726 g/mol. The van der Waals surface area contributed by atoms with Gasteiger partial charge in [0.15, 0.2) is 0 Å². The van der Waals surface area contributed by atoms with Gasteiger partial charge in [-0.3, -0.25) is 9.52 Å². The molecule has 0 spiro atoms. The van der Waals surface area contributed by atoms with Crippen LogP contribution in [0.3, 0.4) is 0 Å². The highest BCUT2D eigenvalue weighted by Crippen LogP contribution is 2.42. The van der Waals surface area contributed by atoms with E-state index in [4.69, 9.17) is 14.1 Å². The Kier molecular flexibility index (Phi) is 9.69. The summed E-state index contributed by atoms with van der Waals surface area (Å²) >= 11 is 0. The maximum absolute atomic E-state index is 13.9. The second-order valence-electron chi connectivity index (χ2n) is 13.3. The molecule has 6 aromatic rings. The van der Waals surface area contributed by atoms with Crippen molar-refractivity contribution >= 4 is 49.6 Å². The number of hydrogen-bond acceptors (Lipinski definition) is 8. The van der Waals surface area contributed by atoms with Crippen LogP contribution in [0.4, 0.5) is 14.9 Å². The second kappa shape index (κ2) is 13.9. The van der Waals surface area contributed by atoms with Crippen LogP contribution in [-0.4, -0.2) is 60.1 Å². The summed E-state index contributed by atoms with van der Waals surface area (Å²) in [6, 6.07) is 19.4. The smallest absolute Gasteiger partial charge is 0.419 e. The third-order valence-corrected chi connectivity index (χ3v) is 9.89. The highest BCUT2D eigenvalue weighted by molar-refractivity contribution is 7.92. The van der Waals surface area contributed by atoms with E-state index in [1.807, 2.05) is 31.2 Å². The number of rotatable bonds is 9. The Balaban J connectivity index is 1.67. The SMILES string of the molecule is CCS(=O)(=O)Nc1cc2oc(-c3ccc(F)cc3)c(C(=O)NC)c2cc1-c1ccc(CCO)c(-c2c(C)c3ccccc3n2C(=O)OC(C)(C)C)n1. The summed E-state index contributed by atoms with van der Waals surface area (Å²) < 4.78 is 56.1. The van der Waals surface area contributed by atoms with Gasteiger partial charge in [0.25, 0.3) is 5.91 Å². The van der Waals surface area contributed by atoms with Gasteiger partial charge in [-0.15, -0.1) is 0 Å². The van der Waals surface area contributed by atoms with Crippen molar-refractivity contribution in [1.82, 2.24) is 14.9 Å². The molecular formula is C39H39FN4O7S. The van der Waals surface area contributed by atoms with Gasteiger partial charge in [0, 0.05) is 41.6 Å². The molecule has 0 radical (unpaired) electrons. The Morgan fingerprint density at radius 2 is 1.73 bits per heavy atom. The number of sulfonamides is 1. The summed E-state index contributed by atoms with van der Waals surface area (Å²) in [5.41, 5.74) is 3.55. The molecule has 3 aromatic heterocycles. The van der Waals surface area contributed by atoms with E-state index < -0.39 is 33.4 Å². The van der Waals surface area contributed by atoms with E-state index in [2.05, 4.69) is 10.0 Å². The van der Waals surface area contributed by atoms with Crippen molar-refractivity contribution in [2.24, 2.45) is 0 Å². The van der Waals surface area contributed by atoms with Gasteiger partial charge >= 0.3 is 6.09 Å². The lowest BCUT2D eigenvalue weighted by Gasteiger charge is -2.22. The maximum Gasteiger partial charge on any atom is 0.419 e. The molecule has 0 saturated heterocycles. The van der Waals surface area contributed by atoms with Crippen LogP contribution in [0.25, 0.3) is 55.8 Å². The topological polar surface area (TPSA) is 153 Å². The van der Waals surface area contributed by atoms with E-state index in [1.165, 1.54) is 48.9 Å². The predicted octanol–water partition coefficient (Wildman–Crippen LogP) is 7.67. The number of carbonyl (C=O) groups excluding carboxylic acids is 2. The average Bonchev–Trinajstić information content (AvgIpc) is 3.62. The van der Waals surface area contributed by atoms with Crippen molar-refractivity contribution < 1.29 is 36.7 Å². The Bertz CT molecular complexity index is 2460. The van der Waals surface area contributed by atoms with Crippen LogP contribution in [0, 0.1) is 12.7 Å². The van der Waals surface area contributed by atoms with Crippen LogP contribution in [0.5, 0.6) is 0 Å². The van der Waals surface area contributed by atoms with Crippen molar-refractivity contribution in [1.29, 1.82) is 0 Å². The lowest BCUT2D eigenvalue weighted by molar-refractivity contribution is 0.0546. The number of aryl methyl sites for hydroxylation is 1. The van der Waals surface area contributed by atoms with Crippen molar-refractivity contribution in [2.45, 2.75) is 46.6 Å². The quantitative estimate of drug-likeness (QED) is 0.137. The standard InChI is InChI=1S/C39H39FN4O7S/c1-7-52(48,49)43-30-21-32-28(33(37(46)41-6)36(50-32)24-12-15-25(40)16-13-24)20-27(30)29-17-14-23(18-19-45)34(42-29)35-22(2)26-10-8-9-11-31(26)44(35)38(47)51-39(3,4)5/h8-17,20-21,43,45H,7,18-19H2,1-6H3,(H,41,46). The fourth-order valence-corrected chi connectivity index (χ4v) is 6.83. The number of hydrogen-bond donors (Lipinski definition) is 3. The van der Waals surface area contributed by atoms with E-state index in [0.717, 1.165) is 10.9 Å². The number of benzene rings is 3. The van der Waals surface area contributed by atoms with Crippen LogP contribution < -0.4 is 10.0 Å². The molecule has 3 heterocycles. The summed E-state index contributed by atoms with van der Waals surface area (Å²) in [5, 5.41) is 13.9. The number of ether oxygens (including phenoxy) is 1. The summed E-state index contributed by atoms with van der Waals surface area (Å²) in [4.78, 5) is 32.3. The molecule has 0 bridgehead atoms. The number of aliphatic hydroxyl groups is 1. The number of fused-ring (bicyclic) bond motifs is 2. The first kappa shape index (κ1) is 36.3. The number of pyridine rings is 1. The van der Waals surface area contributed by atoms with Crippen LogP contribution in [-0.2, 0) is 21.2 Å². The first-order valence-electron chi connectivity index (χ1n) is 16.7. The Morgan fingerprint density at radius 3 is 2.38 bits per heavy atom. The minimum atomic E-state index is -3.83. The number of halogens is 1. The highest BCUT2D eigenvalue weighted by Gasteiger charge is 2.29. The van der Waals surface area contributed by atoms with Gasteiger partial charge in [0.05, 0.1) is 39.6 Å². The fourth-order valence-electron chi connectivity index (χ4n) is 6.18. The number of amides is 1. The van der Waals surface area contributed by atoms with E-state index in [1.54, 1.807) is 39.0 Å². The molecule has 0 saturated carbocycles. The maximum atomic E-state index is 13.9. The molecule has 11 nitrogen and oxygen atoms in total. The normalized spacial score (nSPS) is 12.0. The molecule has 3 aromatic carbocycles. The van der Waals surface area contributed by atoms with Crippen molar-refractivity contribution in [3.05, 3.63) is 95.3 Å². The molecule has 270 valence electrons. The lowest BCUT2D eigenvalue weighted by Crippen LogP contribution is -2.27. The number of nitrogens with zero attached hydrogens (tertiary/aromatic N) is 2. The van der Waals surface area contributed by atoms with Gasteiger partial charge in [-0.2, -0.15) is 0 Å². The van der Waals surface area contributed by atoms with E-state index in [-0.39, 0.29) is 41.4 Å². The molecule has 0 fully saturated rings. The first-order chi connectivity index (χ1) is 24.7. The molecule has 0 aliphatic carbocycles. The third kappa shape index (κ3) is 6.89. The summed E-state index contributed by atoms with van der Waals surface area (Å²) in [6.07, 6.45) is -0.413. The third-order valence-electron chi connectivity index (χ3n) is 8.60. The summed E-state index contributed by atoms with van der Waals surface area (Å²) in [7, 11) is -2.36. The Hall–Kier alpha value is -5.53. The van der Waals surface area contributed by atoms with Crippen molar-refractivity contribution in [3.63, 3.8) is 0 Å². The first-order valence-corrected chi connectivity index (χ1v) is 18.4. The van der Waals surface area contributed by atoms with Crippen LogP contribution in [0.15, 0.2) is 77.2 Å². The number of aromatic nitrogens is 2. The molecule has 0 atom stereocenters. The summed E-state index contributed by atoms with van der Waals surface area (Å²) in [6.45, 7) is 8.50. The highest BCUT2D eigenvalue weighted by atomic mass is 32.2. The summed E-state index contributed by atoms with van der Waals surface area (Å²) in [5.74, 6) is -1.00. The largest absolute Gasteiger partial charge is 0.455 e. The fraction of sp³-hybridized carbons (Fsp3) is 0.256. The number of para-hydroxylation sites is 1. The van der Waals surface area contributed by atoms with E-state index in [0.29, 0.717) is 44.7 Å². The van der Waals surface area contributed by atoms with Crippen LogP contribution >= 0.6 is 0 Å². The zero-order valence-corrected chi connectivity index (χ0v) is 30.4. The molecule has 0 unspecified atom stereocenters. The van der Waals surface area contributed by atoms with Gasteiger partial charge in [-0.1, -0.05) is 24.3 Å². The number of carbonyl (C=O) groups is 2. The van der Waals surface area contributed by atoms with Crippen LogP contribution in [0.2, 0.25) is 0 Å². The second-order valence-corrected chi connectivity index (χ2v) is 15.3. The number of nitrogens with one attached hydrogen (secondary N) is 2. The Labute approximate surface area is 300 Å². The average molecular weight is 727 g/mol. The number of anilines is 1. The van der Waals surface area contributed by atoms with Gasteiger partial charge in [0.2, 0.25) is 10.0 Å².